The molecule has 0 aromatic heterocycles. The molecule has 1 amide bonds. The monoisotopic (exact) mass is 433 g/mol. The number of amides is 1. The van der Waals surface area contributed by atoms with Gasteiger partial charge in [-0.1, -0.05) is 111 Å². The van der Waals surface area contributed by atoms with Crippen molar-refractivity contribution in [2.45, 2.75) is 50.6 Å². The number of hydrogen-bond donors (Lipinski definition) is 0. The SMILES string of the molecule is CC1(C)CC2C(C=C(c3ccccc3)C2(c2ccccc2)c2ccccc2)N(C2CC2)C1=O. The van der Waals surface area contributed by atoms with Crippen molar-refractivity contribution in [3.05, 3.63) is 114 Å². The number of fused-ring (bicyclic) bond motifs is 1. The zero-order valence-electron chi connectivity index (χ0n) is 19.4. The molecule has 3 aromatic rings. The zero-order chi connectivity index (χ0) is 22.6. The van der Waals surface area contributed by atoms with Crippen LogP contribution in [0.2, 0.25) is 0 Å². The normalized spacial score (nSPS) is 25.5. The Labute approximate surface area is 197 Å². The van der Waals surface area contributed by atoms with Gasteiger partial charge in [-0.25, -0.2) is 0 Å². The molecule has 0 spiro atoms. The Morgan fingerprint density at radius 3 is 1.79 bits per heavy atom. The number of benzene rings is 3. The molecule has 2 nitrogen and oxygen atoms in total. The number of piperidine rings is 1. The standard InChI is InChI=1S/C31H31NO/c1-30(2)21-27-28(32(29(30)33)25-18-19-25)20-26(22-12-6-3-7-13-22)31(27,23-14-8-4-9-15-23)24-16-10-5-11-17-24/h3-17,20,25,27-28H,18-19,21H2,1-2H3. The fourth-order valence-corrected chi connectivity index (χ4v) is 6.56. The van der Waals surface area contributed by atoms with Crippen LogP contribution in [0.3, 0.4) is 0 Å². The second-order valence-electron chi connectivity index (χ2n) is 10.6. The van der Waals surface area contributed by atoms with E-state index in [4.69, 9.17) is 0 Å². The maximum Gasteiger partial charge on any atom is 0.228 e. The van der Waals surface area contributed by atoms with Gasteiger partial charge in [0.15, 0.2) is 0 Å². The van der Waals surface area contributed by atoms with Crippen LogP contribution < -0.4 is 0 Å². The van der Waals surface area contributed by atoms with Gasteiger partial charge in [0.1, 0.15) is 0 Å². The molecule has 1 saturated heterocycles. The second-order valence-corrected chi connectivity index (χ2v) is 10.6. The van der Waals surface area contributed by atoms with Crippen molar-refractivity contribution in [2.24, 2.45) is 11.3 Å². The Morgan fingerprint density at radius 1 is 0.758 bits per heavy atom. The first-order valence-corrected chi connectivity index (χ1v) is 12.2. The van der Waals surface area contributed by atoms with Crippen LogP contribution in [0.5, 0.6) is 0 Å². The molecule has 3 aromatic carbocycles. The lowest BCUT2D eigenvalue weighted by Gasteiger charge is -2.51. The number of rotatable bonds is 4. The van der Waals surface area contributed by atoms with E-state index in [0.29, 0.717) is 11.9 Å². The van der Waals surface area contributed by atoms with Gasteiger partial charge in [-0.15, -0.1) is 0 Å². The topological polar surface area (TPSA) is 20.3 Å². The molecule has 0 bridgehead atoms. The van der Waals surface area contributed by atoms with Crippen molar-refractivity contribution in [3.63, 3.8) is 0 Å². The van der Waals surface area contributed by atoms with Crippen LogP contribution in [-0.2, 0) is 10.2 Å². The molecule has 1 aliphatic heterocycles. The van der Waals surface area contributed by atoms with Crippen LogP contribution in [0, 0.1) is 11.3 Å². The molecule has 1 heterocycles. The van der Waals surface area contributed by atoms with E-state index in [0.717, 1.165) is 19.3 Å². The summed E-state index contributed by atoms with van der Waals surface area (Å²) in [5, 5.41) is 0. The minimum absolute atomic E-state index is 0.119. The Balaban J connectivity index is 1.67. The molecule has 1 saturated carbocycles. The lowest BCUT2D eigenvalue weighted by atomic mass is 9.58. The van der Waals surface area contributed by atoms with Gasteiger partial charge in [-0.2, -0.15) is 0 Å². The average Bonchev–Trinajstić information content (AvgIpc) is 3.63. The highest BCUT2D eigenvalue weighted by atomic mass is 16.2. The van der Waals surface area contributed by atoms with E-state index in [-0.39, 0.29) is 22.8 Å². The van der Waals surface area contributed by atoms with E-state index in [1.165, 1.54) is 22.3 Å². The molecule has 0 N–H and O–H groups in total. The smallest absolute Gasteiger partial charge is 0.228 e. The van der Waals surface area contributed by atoms with Crippen LogP contribution in [0.25, 0.3) is 5.57 Å². The van der Waals surface area contributed by atoms with Gasteiger partial charge in [0, 0.05) is 17.4 Å². The molecule has 6 rings (SSSR count). The molecule has 2 fully saturated rings. The largest absolute Gasteiger partial charge is 0.332 e. The molecule has 33 heavy (non-hydrogen) atoms. The molecule has 2 heteroatoms. The first-order chi connectivity index (χ1) is 16.0. The molecular weight excluding hydrogens is 402 g/mol. The van der Waals surface area contributed by atoms with E-state index in [1.807, 2.05) is 0 Å². The minimum atomic E-state index is -0.376. The Bertz CT molecular complexity index is 1150. The van der Waals surface area contributed by atoms with E-state index < -0.39 is 0 Å². The summed E-state index contributed by atoms with van der Waals surface area (Å²) in [4.78, 5) is 16.0. The molecule has 2 aliphatic carbocycles. The highest BCUT2D eigenvalue weighted by Crippen LogP contribution is 2.61. The maximum atomic E-state index is 13.7. The van der Waals surface area contributed by atoms with Crippen LogP contribution in [-0.4, -0.2) is 22.9 Å². The molecule has 166 valence electrons. The second kappa shape index (κ2) is 7.45. The van der Waals surface area contributed by atoms with Gasteiger partial charge in [-0.05, 0) is 41.5 Å². The van der Waals surface area contributed by atoms with Crippen molar-refractivity contribution >= 4 is 11.5 Å². The van der Waals surface area contributed by atoms with Gasteiger partial charge >= 0.3 is 0 Å². The number of likely N-dealkylation sites (tertiary alicyclic amines) is 1. The average molecular weight is 434 g/mol. The molecule has 2 atom stereocenters. The number of carbonyl (C=O) groups excluding carboxylic acids is 1. The summed E-state index contributed by atoms with van der Waals surface area (Å²) in [5.74, 6) is 0.609. The fourth-order valence-electron chi connectivity index (χ4n) is 6.56. The van der Waals surface area contributed by atoms with Gasteiger partial charge in [0.2, 0.25) is 5.91 Å². The highest BCUT2D eigenvalue weighted by Gasteiger charge is 2.61. The summed E-state index contributed by atoms with van der Waals surface area (Å²) in [6.45, 7) is 4.31. The van der Waals surface area contributed by atoms with Gasteiger partial charge in [0.05, 0.1) is 11.5 Å². The van der Waals surface area contributed by atoms with E-state index in [2.05, 4.69) is 116 Å². The molecular formula is C31H31NO. The van der Waals surface area contributed by atoms with Crippen molar-refractivity contribution in [2.75, 3.05) is 0 Å². The summed E-state index contributed by atoms with van der Waals surface area (Å²) in [5.41, 5.74) is 4.55. The van der Waals surface area contributed by atoms with Crippen molar-refractivity contribution in [1.82, 2.24) is 4.90 Å². The molecule has 3 aliphatic rings. The Kier molecular flexibility index (Phi) is 4.62. The third kappa shape index (κ3) is 3.04. The minimum Gasteiger partial charge on any atom is -0.332 e. The summed E-state index contributed by atoms with van der Waals surface area (Å²) >= 11 is 0. The summed E-state index contributed by atoms with van der Waals surface area (Å²) in [6.07, 6.45) is 5.58. The van der Waals surface area contributed by atoms with E-state index >= 15 is 0 Å². The van der Waals surface area contributed by atoms with E-state index in [1.54, 1.807) is 0 Å². The van der Waals surface area contributed by atoms with Crippen molar-refractivity contribution < 1.29 is 4.79 Å². The third-order valence-corrected chi connectivity index (χ3v) is 8.08. The number of carbonyl (C=O) groups is 1. The Morgan fingerprint density at radius 2 is 1.27 bits per heavy atom. The van der Waals surface area contributed by atoms with E-state index in [9.17, 15) is 4.79 Å². The highest BCUT2D eigenvalue weighted by molar-refractivity contribution is 5.89. The van der Waals surface area contributed by atoms with Crippen molar-refractivity contribution in [3.8, 4) is 0 Å². The zero-order valence-corrected chi connectivity index (χ0v) is 19.4. The fraction of sp³-hybridized carbons (Fsp3) is 0.323. The quantitative estimate of drug-likeness (QED) is 0.461. The number of nitrogens with zero attached hydrogens (tertiary/aromatic N) is 1. The van der Waals surface area contributed by atoms with Crippen LogP contribution >= 0.6 is 0 Å². The maximum absolute atomic E-state index is 13.7. The summed E-state index contributed by atoms with van der Waals surface area (Å²) in [7, 11) is 0. The summed E-state index contributed by atoms with van der Waals surface area (Å²) in [6, 6.07) is 33.3. The van der Waals surface area contributed by atoms with Crippen LogP contribution in [0.4, 0.5) is 0 Å². The number of allylic oxidation sites excluding steroid dienone is 1. The van der Waals surface area contributed by atoms with Gasteiger partial charge in [-0.3, -0.25) is 4.79 Å². The summed E-state index contributed by atoms with van der Waals surface area (Å²) < 4.78 is 0. The van der Waals surface area contributed by atoms with Crippen molar-refractivity contribution in [1.29, 1.82) is 0 Å². The van der Waals surface area contributed by atoms with Gasteiger partial charge in [0.25, 0.3) is 0 Å². The lowest BCUT2D eigenvalue weighted by molar-refractivity contribution is -0.151. The molecule has 2 unspecified atom stereocenters. The molecule has 0 radical (unpaired) electrons. The Hall–Kier alpha value is -3.13. The predicted octanol–water partition coefficient (Wildman–Crippen LogP) is 6.48. The first-order valence-electron chi connectivity index (χ1n) is 12.2. The van der Waals surface area contributed by atoms with Gasteiger partial charge < -0.3 is 4.90 Å². The van der Waals surface area contributed by atoms with Crippen LogP contribution in [0.1, 0.15) is 49.8 Å². The third-order valence-electron chi connectivity index (χ3n) is 8.08. The first kappa shape index (κ1) is 20.5. The lowest BCUT2D eigenvalue weighted by Crippen LogP contribution is -2.58. The number of hydrogen-bond acceptors (Lipinski definition) is 1. The van der Waals surface area contributed by atoms with Crippen LogP contribution in [0.15, 0.2) is 97.1 Å². The predicted molar refractivity (Wildman–Crippen MR) is 134 cm³/mol.